The first kappa shape index (κ1) is 11.5. The summed E-state index contributed by atoms with van der Waals surface area (Å²) in [6.07, 6.45) is 1.18. The lowest BCUT2D eigenvalue weighted by molar-refractivity contribution is 1.11. The van der Waals surface area contributed by atoms with Crippen molar-refractivity contribution in [1.29, 1.82) is 0 Å². The summed E-state index contributed by atoms with van der Waals surface area (Å²) in [7, 11) is 0. The van der Waals surface area contributed by atoms with Crippen LogP contribution in [-0.4, -0.2) is 11.0 Å². The van der Waals surface area contributed by atoms with Crippen LogP contribution >= 0.6 is 25.3 Å². The SMILES string of the molecule is CC(C)S.CCCS. The van der Waals surface area contributed by atoms with Gasteiger partial charge in [0.2, 0.25) is 0 Å². The summed E-state index contributed by atoms with van der Waals surface area (Å²) in [5.74, 6) is 1.01. The molecule has 0 N–H and O–H groups in total. The average Bonchev–Trinajstić information content (AvgIpc) is 1.65. The van der Waals surface area contributed by atoms with Crippen LogP contribution in [0.2, 0.25) is 0 Å². The Kier molecular flexibility index (Phi) is 15.3. The minimum atomic E-state index is 0.528. The van der Waals surface area contributed by atoms with Crippen molar-refractivity contribution in [3.05, 3.63) is 0 Å². The van der Waals surface area contributed by atoms with E-state index >= 15 is 0 Å². The molecule has 0 saturated heterocycles. The fourth-order valence-corrected chi connectivity index (χ4v) is 0. The summed E-state index contributed by atoms with van der Waals surface area (Å²) in [6.45, 7) is 6.17. The van der Waals surface area contributed by atoms with Gasteiger partial charge in [-0.3, -0.25) is 0 Å². The fourth-order valence-electron chi connectivity index (χ4n) is 0. The molecule has 0 aliphatic rings. The maximum Gasteiger partial charge on any atom is -0.00399 e. The third kappa shape index (κ3) is 75.3. The van der Waals surface area contributed by atoms with E-state index < -0.39 is 0 Å². The first-order valence-corrected chi connectivity index (χ1v) is 4.09. The second-order valence-electron chi connectivity index (χ2n) is 1.82. The van der Waals surface area contributed by atoms with Crippen LogP contribution in [0.25, 0.3) is 0 Å². The summed E-state index contributed by atoms with van der Waals surface area (Å²) in [4.78, 5) is 0. The van der Waals surface area contributed by atoms with E-state index in [0.717, 1.165) is 5.75 Å². The van der Waals surface area contributed by atoms with E-state index in [9.17, 15) is 0 Å². The van der Waals surface area contributed by atoms with E-state index in [1.807, 2.05) is 13.8 Å². The van der Waals surface area contributed by atoms with E-state index in [1.54, 1.807) is 0 Å². The smallest absolute Gasteiger partial charge is 0.00399 e. The van der Waals surface area contributed by atoms with Gasteiger partial charge in [-0.25, -0.2) is 0 Å². The van der Waals surface area contributed by atoms with Gasteiger partial charge in [0.1, 0.15) is 0 Å². The number of hydrogen-bond acceptors (Lipinski definition) is 2. The Morgan fingerprint density at radius 3 is 1.50 bits per heavy atom. The van der Waals surface area contributed by atoms with Crippen LogP contribution in [-0.2, 0) is 0 Å². The van der Waals surface area contributed by atoms with E-state index in [0.29, 0.717) is 5.25 Å². The largest absolute Gasteiger partial charge is 0.179 e. The lowest BCUT2D eigenvalue weighted by Crippen LogP contribution is -1.71. The molecule has 0 aliphatic carbocycles. The Morgan fingerprint density at radius 2 is 1.50 bits per heavy atom. The third-order valence-corrected chi connectivity index (χ3v) is 0.671. The molecule has 2 heteroatoms. The van der Waals surface area contributed by atoms with Gasteiger partial charge in [0, 0.05) is 0 Å². The van der Waals surface area contributed by atoms with Gasteiger partial charge < -0.3 is 0 Å². The van der Waals surface area contributed by atoms with Crippen LogP contribution in [0.4, 0.5) is 0 Å². The van der Waals surface area contributed by atoms with E-state index in [1.165, 1.54) is 6.42 Å². The molecule has 0 amide bonds. The Labute approximate surface area is 63.9 Å². The van der Waals surface area contributed by atoms with E-state index in [-0.39, 0.29) is 0 Å². The Balaban J connectivity index is 0. The predicted octanol–water partition coefficient (Wildman–Crippen LogP) is 2.65. The molecule has 0 unspecified atom stereocenters. The molecule has 0 saturated carbocycles. The van der Waals surface area contributed by atoms with Gasteiger partial charge >= 0.3 is 0 Å². The Hall–Kier alpha value is 0.700. The lowest BCUT2D eigenvalue weighted by atomic mass is 10.6. The van der Waals surface area contributed by atoms with Gasteiger partial charge in [0.05, 0.1) is 0 Å². The molecule has 52 valence electrons. The molecule has 0 spiro atoms. The molecule has 0 nitrogen and oxygen atoms in total. The normalized spacial score (nSPS) is 8.25. The molecule has 0 heterocycles. The highest BCUT2D eigenvalue weighted by molar-refractivity contribution is 7.80. The molecule has 0 rings (SSSR count). The van der Waals surface area contributed by atoms with Gasteiger partial charge in [-0.2, -0.15) is 25.3 Å². The number of rotatable bonds is 1. The van der Waals surface area contributed by atoms with E-state index in [4.69, 9.17) is 0 Å². The van der Waals surface area contributed by atoms with Crippen LogP contribution in [0.1, 0.15) is 27.2 Å². The lowest BCUT2D eigenvalue weighted by Gasteiger charge is -1.78. The molecular formula is C6H16S2. The zero-order valence-corrected chi connectivity index (χ0v) is 7.67. The summed E-state index contributed by atoms with van der Waals surface area (Å²) >= 11 is 7.89. The molecule has 0 aromatic heterocycles. The molecule has 0 aromatic carbocycles. The monoisotopic (exact) mass is 152 g/mol. The van der Waals surface area contributed by atoms with E-state index in [2.05, 4.69) is 32.2 Å². The molecule has 0 aromatic rings. The molecule has 0 radical (unpaired) electrons. The van der Waals surface area contributed by atoms with Gasteiger partial charge in [0.15, 0.2) is 0 Å². The summed E-state index contributed by atoms with van der Waals surface area (Å²) in [5.41, 5.74) is 0. The molecule has 8 heavy (non-hydrogen) atoms. The van der Waals surface area contributed by atoms with Crippen molar-refractivity contribution in [2.75, 3.05) is 5.75 Å². The van der Waals surface area contributed by atoms with Crippen LogP contribution in [0.3, 0.4) is 0 Å². The quantitative estimate of drug-likeness (QED) is 0.530. The van der Waals surface area contributed by atoms with Crippen LogP contribution < -0.4 is 0 Å². The third-order valence-electron chi connectivity index (χ3n) is 0.224. The van der Waals surface area contributed by atoms with Gasteiger partial charge in [-0.1, -0.05) is 20.8 Å². The second-order valence-corrected chi connectivity index (χ2v) is 3.30. The fraction of sp³-hybridized carbons (Fsp3) is 1.00. The van der Waals surface area contributed by atoms with Gasteiger partial charge in [-0.15, -0.1) is 0 Å². The average molecular weight is 152 g/mol. The first-order valence-electron chi connectivity index (χ1n) is 2.94. The van der Waals surface area contributed by atoms with Crippen molar-refractivity contribution in [2.45, 2.75) is 32.4 Å². The summed E-state index contributed by atoms with van der Waals surface area (Å²) in [6, 6.07) is 0. The second kappa shape index (κ2) is 10.6. The van der Waals surface area contributed by atoms with Crippen LogP contribution in [0.5, 0.6) is 0 Å². The maximum atomic E-state index is 3.97. The topological polar surface area (TPSA) is 0 Å². The maximum absolute atomic E-state index is 3.97. The highest BCUT2D eigenvalue weighted by atomic mass is 32.1. The van der Waals surface area contributed by atoms with Gasteiger partial charge in [-0.05, 0) is 17.4 Å². The predicted molar refractivity (Wildman–Crippen MR) is 48.3 cm³/mol. The first-order chi connectivity index (χ1) is 3.65. The summed E-state index contributed by atoms with van der Waals surface area (Å²) < 4.78 is 0. The highest BCUT2D eigenvalue weighted by Gasteiger charge is 1.69. The Morgan fingerprint density at radius 1 is 1.38 bits per heavy atom. The number of hydrogen-bond donors (Lipinski definition) is 2. The number of thiol groups is 2. The van der Waals surface area contributed by atoms with Crippen LogP contribution in [0.15, 0.2) is 0 Å². The molecular weight excluding hydrogens is 136 g/mol. The van der Waals surface area contributed by atoms with Crippen molar-refractivity contribution in [2.24, 2.45) is 0 Å². The molecule has 0 aliphatic heterocycles. The highest BCUT2D eigenvalue weighted by Crippen LogP contribution is 1.83. The minimum absolute atomic E-state index is 0.528. The zero-order chi connectivity index (χ0) is 6.99. The van der Waals surface area contributed by atoms with Crippen molar-refractivity contribution in [3.8, 4) is 0 Å². The van der Waals surface area contributed by atoms with Crippen molar-refractivity contribution >= 4 is 25.3 Å². The Bertz CT molecular complexity index is 23.0. The minimum Gasteiger partial charge on any atom is -0.179 e. The van der Waals surface area contributed by atoms with Crippen molar-refractivity contribution in [1.82, 2.24) is 0 Å². The van der Waals surface area contributed by atoms with Crippen molar-refractivity contribution < 1.29 is 0 Å². The standard InChI is InChI=1S/2C3H8S/c1-3(2)4;1-2-3-4/h3-4H,1-2H3;4H,2-3H2,1H3. The van der Waals surface area contributed by atoms with Gasteiger partial charge in [0.25, 0.3) is 0 Å². The molecule has 0 atom stereocenters. The van der Waals surface area contributed by atoms with Crippen molar-refractivity contribution in [3.63, 3.8) is 0 Å². The molecule has 0 fully saturated rings. The zero-order valence-electron chi connectivity index (χ0n) is 5.89. The van der Waals surface area contributed by atoms with Crippen LogP contribution in [0, 0.1) is 0 Å². The molecule has 0 bridgehead atoms. The summed E-state index contributed by atoms with van der Waals surface area (Å²) in [5, 5.41) is 0.528.